The predicted octanol–water partition coefficient (Wildman–Crippen LogP) is 3.30. The van der Waals surface area contributed by atoms with Crippen molar-refractivity contribution < 1.29 is 4.74 Å². The molecule has 5 nitrogen and oxygen atoms in total. The van der Waals surface area contributed by atoms with Gasteiger partial charge in [0.1, 0.15) is 22.7 Å². The zero-order valence-corrected chi connectivity index (χ0v) is 13.4. The highest BCUT2D eigenvalue weighted by molar-refractivity contribution is 6.31. The van der Waals surface area contributed by atoms with Gasteiger partial charge in [0.05, 0.1) is 12.2 Å². The number of pyridine rings is 2. The standard InChI is InChI=1S/C17H17ClN4O/c18-15-11-20-6-3-16(15)23-12-13-4-7-22(8-5-13)17-2-1-14(9-19)10-21-17/h1-3,6,10-11,13H,4-5,7-8,12H2. The molecule has 0 N–H and O–H groups in total. The van der Waals surface area contributed by atoms with Crippen LogP contribution in [0.5, 0.6) is 5.75 Å². The Kier molecular flexibility index (Phi) is 4.94. The molecule has 23 heavy (non-hydrogen) atoms. The van der Waals surface area contributed by atoms with Crippen molar-refractivity contribution in [2.75, 3.05) is 24.6 Å². The van der Waals surface area contributed by atoms with Gasteiger partial charge in [-0.25, -0.2) is 4.98 Å². The molecule has 2 aromatic heterocycles. The van der Waals surface area contributed by atoms with E-state index < -0.39 is 0 Å². The monoisotopic (exact) mass is 328 g/mol. The number of hydrogen-bond donors (Lipinski definition) is 0. The topological polar surface area (TPSA) is 62.0 Å². The summed E-state index contributed by atoms with van der Waals surface area (Å²) in [5.41, 5.74) is 0.589. The summed E-state index contributed by atoms with van der Waals surface area (Å²) in [6, 6.07) is 7.60. The van der Waals surface area contributed by atoms with Crippen LogP contribution in [0.3, 0.4) is 0 Å². The second kappa shape index (κ2) is 7.30. The highest BCUT2D eigenvalue weighted by atomic mass is 35.5. The quantitative estimate of drug-likeness (QED) is 0.861. The zero-order valence-electron chi connectivity index (χ0n) is 12.7. The largest absolute Gasteiger partial charge is 0.492 e. The maximum absolute atomic E-state index is 8.82. The molecule has 1 aliphatic heterocycles. The van der Waals surface area contributed by atoms with E-state index in [9.17, 15) is 0 Å². The van der Waals surface area contributed by atoms with Gasteiger partial charge < -0.3 is 9.64 Å². The Morgan fingerprint density at radius 1 is 1.26 bits per heavy atom. The number of ether oxygens (including phenoxy) is 1. The number of nitrogens with zero attached hydrogens (tertiary/aromatic N) is 4. The summed E-state index contributed by atoms with van der Waals surface area (Å²) in [6.07, 6.45) is 6.99. The Balaban J connectivity index is 1.50. The first-order chi connectivity index (χ1) is 11.3. The minimum absolute atomic E-state index is 0.508. The average Bonchev–Trinajstić information content (AvgIpc) is 2.62. The van der Waals surface area contributed by atoms with Crippen LogP contribution in [0.4, 0.5) is 5.82 Å². The van der Waals surface area contributed by atoms with Crippen LogP contribution in [0.25, 0.3) is 0 Å². The van der Waals surface area contributed by atoms with E-state index in [-0.39, 0.29) is 0 Å². The van der Waals surface area contributed by atoms with Gasteiger partial charge in [0.2, 0.25) is 0 Å². The predicted molar refractivity (Wildman–Crippen MR) is 88.6 cm³/mol. The fourth-order valence-corrected chi connectivity index (χ4v) is 2.83. The van der Waals surface area contributed by atoms with Crippen molar-refractivity contribution in [3.8, 4) is 11.8 Å². The first-order valence-electron chi connectivity index (χ1n) is 7.59. The van der Waals surface area contributed by atoms with E-state index in [0.29, 0.717) is 28.9 Å². The molecule has 3 rings (SSSR count). The summed E-state index contributed by atoms with van der Waals surface area (Å²) in [6.45, 7) is 2.55. The summed E-state index contributed by atoms with van der Waals surface area (Å²) in [7, 11) is 0. The van der Waals surface area contributed by atoms with Gasteiger partial charge in [-0.3, -0.25) is 4.98 Å². The lowest BCUT2D eigenvalue weighted by Crippen LogP contribution is -2.36. The van der Waals surface area contributed by atoms with Crippen LogP contribution in [0.2, 0.25) is 5.02 Å². The summed E-state index contributed by atoms with van der Waals surface area (Å²) < 4.78 is 5.81. The van der Waals surface area contributed by atoms with Crippen molar-refractivity contribution in [2.45, 2.75) is 12.8 Å². The van der Waals surface area contributed by atoms with Crippen LogP contribution in [-0.2, 0) is 0 Å². The number of halogens is 1. The molecule has 0 saturated carbocycles. The molecule has 0 amide bonds. The Morgan fingerprint density at radius 2 is 2.09 bits per heavy atom. The lowest BCUT2D eigenvalue weighted by molar-refractivity contribution is 0.222. The highest BCUT2D eigenvalue weighted by Crippen LogP contribution is 2.26. The molecule has 118 valence electrons. The van der Waals surface area contributed by atoms with Gasteiger partial charge in [-0.05, 0) is 30.9 Å². The third-order valence-corrected chi connectivity index (χ3v) is 4.31. The number of nitriles is 1. The smallest absolute Gasteiger partial charge is 0.141 e. The summed E-state index contributed by atoms with van der Waals surface area (Å²) >= 11 is 6.04. The van der Waals surface area contributed by atoms with Crippen LogP contribution in [0, 0.1) is 17.2 Å². The van der Waals surface area contributed by atoms with Crippen molar-refractivity contribution in [2.24, 2.45) is 5.92 Å². The van der Waals surface area contributed by atoms with E-state index in [2.05, 4.69) is 20.9 Å². The van der Waals surface area contributed by atoms with E-state index in [1.807, 2.05) is 12.1 Å². The van der Waals surface area contributed by atoms with E-state index in [0.717, 1.165) is 31.7 Å². The molecule has 2 aromatic rings. The van der Waals surface area contributed by atoms with E-state index in [1.165, 1.54) is 0 Å². The van der Waals surface area contributed by atoms with Gasteiger partial charge >= 0.3 is 0 Å². The first kappa shape index (κ1) is 15.6. The molecule has 0 radical (unpaired) electrons. The van der Waals surface area contributed by atoms with Crippen LogP contribution in [0.1, 0.15) is 18.4 Å². The Bertz CT molecular complexity index is 690. The minimum atomic E-state index is 0.508. The maximum Gasteiger partial charge on any atom is 0.141 e. The molecule has 0 unspecified atom stereocenters. The number of piperidine rings is 1. The SMILES string of the molecule is N#Cc1ccc(N2CCC(COc3ccncc3Cl)CC2)nc1. The van der Waals surface area contributed by atoms with Crippen molar-refractivity contribution in [3.63, 3.8) is 0 Å². The number of rotatable bonds is 4. The van der Waals surface area contributed by atoms with Crippen LogP contribution in [-0.4, -0.2) is 29.7 Å². The van der Waals surface area contributed by atoms with Crippen molar-refractivity contribution >= 4 is 17.4 Å². The fraction of sp³-hybridized carbons (Fsp3) is 0.353. The van der Waals surface area contributed by atoms with E-state index in [1.54, 1.807) is 24.7 Å². The summed E-state index contributed by atoms with van der Waals surface area (Å²) in [5, 5.41) is 9.36. The molecule has 0 aliphatic carbocycles. The molecular formula is C17H17ClN4O. The molecule has 1 fully saturated rings. The van der Waals surface area contributed by atoms with Gasteiger partial charge in [-0.15, -0.1) is 0 Å². The molecule has 0 bridgehead atoms. The lowest BCUT2D eigenvalue weighted by Gasteiger charge is -2.32. The van der Waals surface area contributed by atoms with Gasteiger partial charge in [0, 0.05) is 37.7 Å². The maximum atomic E-state index is 8.82. The zero-order chi connectivity index (χ0) is 16.1. The Morgan fingerprint density at radius 3 is 2.74 bits per heavy atom. The molecule has 0 spiro atoms. The third-order valence-electron chi connectivity index (χ3n) is 4.03. The Labute approximate surface area is 140 Å². The van der Waals surface area contributed by atoms with E-state index >= 15 is 0 Å². The summed E-state index contributed by atoms with van der Waals surface area (Å²) in [5.74, 6) is 2.13. The normalized spacial score (nSPS) is 15.2. The molecule has 3 heterocycles. The van der Waals surface area contributed by atoms with Gasteiger partial charge in [0.15, 0.2) is 0 Å². The van der Waals surface area contributed by atoms with Crippen molar-refractivity contribution in [1.29, 1.82) is 5.26 Å². The van der Waals surface area contributed by atoms with Crippen LogP contribution >= 0.6 is 11.6 Å². The number of hydrogen-bond acceptors (Lipinski definition) is 5. The molecule has 1 saturated heterocycles. The first-order valence-corrected chi connectivity index (χ1v) is 7.97. The second-order valence-electron chi connectivity index (χ2n) is 5.56. The molecule has 0 atom stereocenters. The summed E-state index contributed by atoms with van der Waals surface area (Å²) in [4.78, 5) is 10.5. The number of anilines is 1. The Hall–Kier alpha value is -2.32. The van der Waals surface area contributed by atoms with Crippen molar-refractivity contribution in [3.05, 3.63) is 47.4 Å². The van der Waals surface area contributed by atoms with Crippen molar-refractivity contribution in [1.82, 2.24) is 9.97 Å². The fourth-order valence-electron chi connectivity index (χ4n) is 2.66. The number of aromatic nitrogens is 2. The molecule has 0 aromatic carbocycles. The van der Waals surface area contributed by atoms with Gasteiger partial charge in [-0.1, -0.05) is 11.6 Å². The molecular weight excluding hydrogens is 312 g/mol. The van der Waals surface area contributed by atoms with Crippen LogP contribution in [0.15, 0.2) is 36.8 Å². The third kappa shape index (κ3) is 3.91. The van der Waals surface area contributed by atoms with E-state index in [4.69, 9.17) is 21.6 Å². The lowest BCUT2D eigenvalue weighted by atomic mass is 9.98. The average molecular weight is 329 g/mol. The van der Waals surface area contributed by atoms with Crippen LogP contribution < -0.4 is 9.64 Å². The second-order valence-corrected chi connectivity index (χ2v) is 5.97. The van der Waals surface area contributed by atoms with Gasteiger partial charge in [-0.2, -0.15) is 5.26 Å². The minimum Gasteiger partial charge on any atom is -0.492 e. The molecule has 1 aliphatic rings. The molecule has 6 heteroatoms. The highest BCUT2D eigenvalue weighted by Gasteiger charge is 2.21. The van der Waals surface area contributed by atoms with Gasteiger partial charge in [0.25, 0.3) is 0 Å².